The number of rotatable bonds is 13. The maximum absolute atomic E-state index is 13.1. The third-order valence-electron chi connectivity index (χ3n) is 5.87. The molecule has 0 N–H and O–H groups in total. The van der Waals surface area contributed by atoms with E-state index in [1.165, 1.54) is 51.8 Å². The van der Waals surface area contributed by atoms with Crippen LogP contribution in [0.3, 0.4) is 0 Å². The van der Waals surface area contributed by atoms with Crippen molar-refractivity contribution < 1.29 is 7.87 Å². The van der Waals surface area contributed by atoms with Crippen molar-refractivity contribution in [2.24, 2.45) is 0 Å². The quantitative estimate of drug-likeness (QED) is 0.251. The van der Waals surface area contributed by atoms with E-state index in [0.29, 0.717) is 5.56 Å². The molecule has 0 spiro atoms. The third kappa shape index (κ3) is 7.30. The second kappa shape index (κ2) is 13.0. The molecular weight excluding hydrogens is 475 g/mol. The fourth-order valence-electron chi connectivity index (χ4n) is 3.89. The molecule has 2 aromatic rings. The Morgan fingerprint density at radius 2 is 1.23 bits per heavy atom. The summed E-state index contributed by atoms with van der Waals surface area (Å²) < 4.78 is 9.98. The summed E-state index contributed by atoms with van der Waals surface area (Å²) in [5.41, 5.74) is 4.05. The number of hydrogen-bond donors (Lipinski definition) is 0. The zero-order valence-electron chi connectivity index (χ0n) is 19.1. The van der Waals surface area contributed by atoms with Gasteiger partial charge in [-0.15, -0.1) is 0 Å². The summed E-state index contributed by atoms with van der Waals surface area (Å²) in [7, 11) is 0. The van der Waals surface area contributed by atoms with E-state index in [2.05, 4.69) is 51.6 Å². The van der Waals surface area contributed by atoms with Crippen molar-refractivity contribution >= 4 is 30.8 Å². The molecular formula is C27H38O2Sn. The van der Waals surface area contributed by atoms with E-state index in [1.807, 2.05) is 30.3 Å². The summed E-state index contributed by atoms with van der Waals surface area (Å²) in [5, 5.41) is 0. The van der Waals surface area contributed by atoms with Crippen molar-refractivity contribution in [2.75, 3.05) is 0 Å². The maximum atomic E-state index is 13.1. The van der Waals surface area contributed by atoms with Gasteiger partial charge in [-0.2, -0.15) is 0 Å². The average Bonchev–Trinajstić information content (AvgIpc) is 2.80. The molecule has 0 aliphatic carbocycles. The second-order valence-electron chi connectivity index (χ2n) is 8.29. The van der Waals surface area contributed by atoms with Gasteiger partial charge in [-0.3, -0.25) is 0 Å². The van der Waals surface area contributed by atoms with Crippen LogP contribution in [0.15, 0.2) is 55.1 Å². The van der Waals surface area contributed by atoms with E-state index in [4.69, 9.17) is 3.07 Å². The van der Waals surface area contributed by atoms with Crippen LogP contribution in [0.25, 0.3) is 17.2 Å². The Bertz CT molecular complexity index is 756. The van der Waals surface area contributed by atoms with Gasteiger partial charge in [0.25, 0.3) is 0 Å². The molecule has 0 amide bonds. The molecule has 0 aliphatic rings. The van der Waals surface area contributed by atoms with Gasteiger partial charge in [0.15, 0.2) is 0 Å². The molecule has 0 atom stereocenters. The predicted octanol–water partition coefficient (Wildman–Crippen LogP) is 8.50. The van der Waals surface area contributed by atoms with Gasteiger partial charge in [0, 0.05) is 0 Å². The van der Waals surface area contributed by atoms with Gasteiger partial charge in [0.1, 0.15) is 0 Å². The first-order chi connectivity index (χ1) is 14.6. The van der Waals surface area contributed by atoms with Gasteiger partial charge in [0.05, 0.1) is 0 Å². The standard InChI is InChI=1S/C15H12O2.3C4H9.Sn/c1-2-11-3-5-12(6-4-11)13-7-9-14(10-8-13)15(16)17;3*1-3-4-2;/h2-10H,1H2,(H,16,17);3*1,3-4H2,2H3;/q;;;;+1/p-1. The molecule has 0 unspecified atom stereocenters. The van der Waals surface area contributed by atoms with Gasteiger partial charge in [0.2, 0.25) is 0 Å². The molecule has 0 aliphatic heterocycles. The zero-order chi connectivity index (χ0) is 21.8. The van der Waals surface area contributed by atoms with Gasteiger partial charge in [-0.1, -0.05) is 0 Å². The molecule has 0 bridgehead atoms. The summed E-state index contributed by atoms with van der Waals surface area (Å²) in [6.07, 6.45) is 8.94. The molecule has 2 rings (SSSR count). The number of carbonyl (C=O) groups excluding carboxylic acids is 1. The van der Waals surface area contributed by atoms with Crippen LogP contribution in [0, 0.1) is 0 Å². The van der Waals surface area contributed by atoms with Gasteiger partial charge in [-0.05, 0) is 0 Å². The molecule has 0 saturated heterocycles. The van der Waals surface area contributed by atoms with E-state index in [1.54, 1.807) is 0 Å². The van der Waals surface area contributed by atoms with E-state index in [-0.39, 0.29) is 5.97 Å². The molecule has 0 aromatic heterocycles. The first-order valence-corrected chi connectivity index (χ1v) is 18.9. The van der Waals surface area contributed by atoms with Crippen LogP contribution in [0.5, 0.6) is 0 Å². The molecule has 162 valence electrons. The molecule has 30 heavy (non-hydrogen) atoms. The van der Waals surface area contributed by atoms with E-state index in [0.717, 1.165) is 16.7 Å². The molecule has 2 nitrogen and oxygen atoms in total. The van der Waals surface area contributed by atoms with E-state index < -0.39 is 18.8 Å². The van der Waals surface area contributed by atoms with E-state index in [9.17, 15) is 4.79 Å². The number of benzene rings is 2. The SMILES string of the molecule is C=Cc1ccc(-c2ccc(C(=O)[O][Sn]([CH2]CCC)([CH2]CCC)[CH2]CCC)cc2)cc1. The monoisotopic (exact) mass is 514 g/mol. The Labute approximate surface area is 188 Å². The van der Waals surface area contributed by atoms with Crippen molar-refractivity contribution in [2.45, 2.75) is 72.6 Å². The molecule has 3 heteroatoms. The second-order valence-corrected chi connectivity index (χ2v) is 19.9. The Morgan fingerprint density at radius 1 is 0.800 bits per heavy atom. The van der Waals surface area contributed by atoms with Crippen molar-refractivity contribution in [1.29, 1.82) is 0 Å². The Kier molecular flexibility index (Phi) is 10.7. The average molecular weight is 513 g/mol. The Balaban J connectivity index is 2.17. The Morgan fingerprint density at radius 3 is 1.63 bits per heavy atom. The minimum atomic E-state index is -2.94. The van der Waals surface area contributed by atoms with Crippen molar-refractivity contribution in [3.05, 3.63) is 66.2 Å². The van der Waals surface area contributed by atoms with Gasteiger partial charge in [-0.25, -0.2) is 0 Å². The number of hydrogen-bond acceptors (Lipinski definition) is 2. The minimum absolute atomic E-state index is 0.0948. The zero-order valence-corrected chi connectivity index (χ0v) is 21.9. The summed E-state index contributed by atoms with van der Waals surface area (Å²) in [6, 6.07) is 16.2. The fraction of sp³-hybridized carbons (Fsp3) is 0.444. The van der Waals surface area contributed by atoms with Crippen molar-refractivity contribution in [1.82, 2.24) is 0 Å². The van der Waals surface area contributed by atoms with Crippen LogP contribution >= 0.6 is 0 Å². The number of carbonyl (C=O) groups is 1. The first kappa shape index (κ1) is 24.7. The fourth-order valence-corrected chi connectivity index (χ4v) is 16.9. The summed E-state index contributed by atoms with van der Waals surface area (Å²) >= 11 is -2.94. The first-order valence-electron chi connectivity index (χ1n) is 11.6. The van der Waals surface area contributed by atoms with Crippen LogP contribution in [0.4, 0.5) is 0 Å². The van der Waals surface area contributed by atoms with Crippen LogP contribution in [-0.4, -0.2) is 24.8 Å². The van der Waals surface area contributed by atoms with Crippen LogP contribution in [-0.2, 0) is 3.07 Å². The molecule has 0 heterocycles. The number of unbranched alkanes of at least 4 members (excludes halogenated alkanes) is 3. The normalized spacial score (nSPS) is 11.3. The Hall–Kier alpha value is -1.55. The van der Waals surface area contributed by atoms with Gasteiger partial charge < -0.3 is 0 Å². The summed E-state index contributed by atoms with van der Waals surface area (Å²) in [6.45, 7) is 10.5. The molecule has 2 aromatic carbocycles. The topological polar surface area (TPSA) is 26.3 Å². The van der Waals surface area contributed by atoms with E-state index >= 15 is 0 Å². The third-order valence-corrected chi connectivity index (χ3v) is 18.5. The van der Waals surface area contributed by atoms with Crippen LogP contribution in [0.2, 0.25) is 13.3 Å². The molecule has 0 saturated carbocycles. The van der Waals surface area contributed by atoms with Crippen molar-refractivity contribution in [3.8, 4) is 11.1 Å². The molecule has 0 radical (unpaired) electrons. The summed E-state index contributed by atoms with van der Waals surface area (Å²) in [4.78, 5) is 13.1. The summed E-state index contributed by atoms with van der Waals surface area (Å²) in [5.74, 6) is -0.0948. The van der Waals surface area contributed by atoms with Gasteiger partial charge >= 0.3 is 189 Å². The van der Waals surface area contributed by atoms with Crippen molar-refractivity contribution in [3.63, 3.8) is 0 Å². The molecule has 0 fully saturated rings. The van der Waals surface area contributed by atoms with Crippen LogP contribution in [0.1, 0.15) is 75.2 Å². The predicted molar refractivity (Wildman–Crippen MR) is 132 cm³/mol. The van der Waals surface area contributed by atoms with Crippen LogP contribution < -0.4 is 0 Å².